The van der Waals surface area contributed by atoms with E-state index in [4.69, 9.17) is 8.83 Å². The summed E-state index contributed by atoms with van der Waals surface area (Å²) in [6, 6.07) is 102. The van der Waals surface area contributed by atoms with E-state index in [0.29, 0.717) is 0 Å². The Morgan fingerprint density at radius 2 is 0.757 bits per heavy atom. The van der Waals surface area contributed by atoms with E-state index < -0.39 is 0 Å². The molecule has 10 heteroatoms. The van der Waals surface area contributed by atoms with Crippen molar-refractivity contribution in [3.8, 4) is 22.3 Å². The molecule has 0 saturated carbocycles. The third-order valence-corrected chi connectivity index (χ3v) is 23.9. The lowest BCUT2D eigenvalue weighted by atomic mass is 9.86. The van der Waals surface area contributed by atoms with E-state index in [2.05, 4.69) is 311 Å². The van der Waals surface area contributed by atoms with E-state index in [1.54, 1.807) is 57.9 Å². The molecule has 10 heterocycles. The number of hydrogen-bond donors (Lipinski definition) is 2. The van der Waals surface area contributed by atoms with Gasteiger partial charge in [0.15, 0.2) is 0 Å². The van der Waals surface area contributed by atoms with Crippen molar-refractivity contribution in [3.63, 3.8) is 0 Å². The maximum atomic E-state index is 5.09. The van der Waals surface area contributed by atoms with Gasteiger partial charge in [-0.05, 0) is 217 Å². The Hall–Kier alpha value is -10.9. The number of aromatic nitrogens is 2. The number of para-hydroxylation sites is 3. The van der Waals surface area contributed by atoms with Gasteiger partial charge >= 0.3 is 0 Å². The maximum Gasteiger partial charge on any atom is 0.144 e. The summed E-state index contributed by atoms with van der Waals surface area (Å²) >= 11 is 10.8. The number of hydrogen-bond acceptors (Lipinski definition) is 8. The summed E-state index contributed by atoms with van der Waals surface area (Å²) in [5, 5.41) is 18.5. The number of allylic oxidation sites excluding steroid dienone is 2. The Morgan fingerprint density at radius 3 is 1.36 bits per heavy atom. The minimum Gasteiger partial charge on any atom is -0.465 e. The average Bonchev–Trinajstić information content (AvgIpc) is 1.26. The van der Waals surface area contributed by atoms with E-state index >= 15 is 0 Å². The number of aromatic amines is 2. The van der Waals surface area contributed by atoms with Crippen LogP contribution in [0.4, 0.5) is 0 Å². The first kappa shape index (κ1) is 67.9. The number of benzene rings is 10. The molecule has 20 aromatic rings. The highest BCUT2D eigenvalue weighted by molar-refractivity contribution is 7.26. The van der Waals surface area contributed by atoms with Crippen molar-refractivity contribution >= 4 is 163 Å². The van der Waals surface area contributed by atoms with Gasteiger partial charge in [-0.15, -0.1) is 68.0 Å². The lowest BCUT2D eigenvalue weighted by Gasteiger charge is -2.19. The number of furan rings is 2. The summed E-state index contributed by atoms with van der Waals surface area (Å²) in [5.74, 6) is 1.03. The average molecular weight is 1440 g/mol. The number of aryl methyl sites for hydroxylation is 2. The first-order chi connectivity index (χ1) is 51.1. The van der Waals surface area contributed by atoms with Crippen LogP contribution < -0.4 is 0 Å². The van der Waals surface area contributed by atoms with Gasteiger partial charge in [-0.25, -0.2) is 0 Å². The van der Waals surface area contributed by atoms with Gasteiger partial charge in [0, 0.05) is 78.2 Å². The zero-order chi connectivity index (χ0) is 69.2. The van der Waals surface area contributed by atoms with E-state index in [1.165, 1.54) is 150 Å². The number of fused-ring (bicyclic) bond motifs is 18. The van der Waals surface area contributed by atoms with Gasteiger partial charge < -0.3 is 18.8 Å². The molecule has 10 aromatic heterocycles. The molecular formula is C93H72N2O2S6. The molecule has 0 aliphatic heterocycles. The van der Waals surface area contributed by atoms with Crippen molar-refractivity contribution in [2.75, 3.05) is 0 Å². The van der Waals surface area contributed by atoms with Gasteiger partial charge in [-0.1, -0.05) is 218 Å². The molecule has 24 rings (SSSR count). The summed E-state index contributed by atoms with van der Waals surface area (Å²) in [6.07, 6.45) is 19.6. The highest BCUT2D eigenvalue weighted by Crippen LogP contribution is 2.37. The summed E-state index contributed by atoms with van der Waals surface area (Å²) < 4.78 is 18.3. The van der Waals surface area contributed by atoms with Gasteiger partial charge in [-0.3, -0.25) is 0 Å². The zero-order valence-corrected chi connectivity index (χ0v) is 61.3. The molecule has 0 spiro atoms. The number of nitrogens with one attached hydrogen (secondary N) is 2. The topological polar surface area (TPSA) is 57.9 Å². The van der Waals surface area contributed by atoms with E-state index in [9.17, 15) is 0 Å². The lowest BCUT2D eigenvalue weighted by Crippen LogP contribution is -2.02. The molecule has 0 bridgehead atoms. The van der Waals surface area contributed by atoms with Gasteiger partial charge in [0.05, 0.1) is 17.2 Å². The van der Waals surface area contributed by atoms with Crippen molar-refractivity contribution in [2.45, 2.75) is 32.1 Å². The Kier molecular flexibility index (Phi) is 22.2. The van der Waals surface area contributed by atoms with Crippen LogP contribution >= 0.6 is 68.0 Å². The predicted molar refractivity (Wildman–Crippen MR) is 452 cm³/mol. The minimum atomic E-state index is 0.995. The second-order valence-corrected chi connectivity index (χ2v) is 30.4. The van der Waals surface area contributed by atoms with Gasteiger partial charge in [0.25, 0.3) is 0 Å². The number of rotatable bonds is 0. The standard InChI is InChI=1S/C14H12.C13H10.C12H9N.C12H8S.C8H7N.C8H6S.C7H6O.C7H6S.C6H4OS.C6H4S2/c1-3-7-13-11(5-1)9-10-12-6-2-4-8-14(12)13;1-3-7-12-10(5-1)9-11-6-2-4-8-13(11)12;2*1-3-7-11-9(5-1)10-6-2-4-8-12(10)13-11;2*1-2-4-8-7(3-1)5-6-9-8;2*1-2-6-4-5-8-7(6)3-1;1-3-7-5-2-4-8-6(1)5;1-3-7-6-2-4-8-5(1)6/h1-8H,9-10H2;1-8H,9H2;1-8,13H;1-8H;1-6,9H;1-6H;2*1,3-5H,2H2;2*1-4H. The molecule has 4 aliphatic rings. The number of H-pyrrole nitrogens is 2. The van der Waals surface area contributed by atoms with Crippen LogP contribution in [-0.4, -0.2) is 9.97 Å². The molecule has 0 radical (unpaired) electrons. The third-order valence-electron chi connectivity index (χ3n) is 18.1. The minimum absolute atomic E-state index is 0.995. The molecule has 0 atom stereocenters. The summed E-state index contributed by atoms with van der Waals surface area (Å²) in [6.45, 7) is 0. The molecule has 4 aliphatic carbocycles. The Morgan fingerprint density at radius 1 is 0.291 bits per heavy atom. The lowest BCUT2D eigenvalue weighted by molar-refractivity contribution is 0.556. The van der Waals surface area contributed by atoms with Crippen LogP contribution in [0.3, 0.4) is 0 Å². The van der Waals surface area contributed by atoms with Crippen molar-refractivity contribution in [3.05, 3.63) is 393 Å². The Balaban J connectivity index is 0.0000000930. The molecule has 0 unspecified atom stereocenters. The Bertz CT molecular complexity index is 5490. The summed E-state index contributed by atoms with van der Waals surface area (Å²) in [5.41, 5.74) is 19.0. The largest absolute Gasteiger partial charge is 0.465 e. The van der Waals surface area contributed by atoms with Crippen LogP contribution in [-0.2, 0) is 32.1 Å². The predicted octanol–water partition coefficient (Wildman–Crippen LogP) is 28.8. The molecular weight excluding hydrogens is 1370 g/mol. The smallest absolute Gasteiger partial charge is 0.144 e. The van der Waals surface area contributed by atoms with Crippen molar-refractivity contribution in [1.29, 1.82) is 0 Å². The summed E-state index contributed by atoms with van der Waals surface area (Å²) in [4.78, 5) is 7.95. The molecule has 0 saturated heterocycles. The molecule has 2 N–H and O–H groups in total. The fourth-order valence-corrected chi connectivity index (χ4v) is 18.3. The highest BCUT2D eigenvalue weighted by Gasteiger charge is 2.17. The maximum absolute atomic E-state index is 5.09. The van der Waals surface area contributed by atoms with Crippen molar-refractivity contribution in [2.24, 2.45) is 0 Å². The number of thiophene rings is 6. The van der Waals surface area contributed by atoms with E-state index in [-0.39, 0.29) is 0 Å². The summed E-state index contributed by atoms with van der Waals surface area (Å²) in [7, 11) is 0. The zero-order valence-electron chi connectivity index (χ0n) is 56.4. The first-order valence-electron chi connectivity index (χ1n) is 34.5. The third kappa shape index (κ3) is 16.7. The van der Waals surface area contributed by atoms with E-state index in [0.717, 1.165) is 30.6 Å². The van der Waals surface area contributed by atoms with E-state index in [1.807, 2.05) is 70.7 Å². The Labute approximate surface area is 623 Å². The van der Waals surface area contributed by atoms with Crippen LogP contribution in [0.15, 0.2) is 358 Å². The fraction of sp³-hybridized carbons (Fsp3) is 0.0538. The SMILES string of the molecule is C1=Cc2occc2C1.C1=Cc2sccc2C1.c1cc2sccc2o1.c1cc2sccc2s1.c1ccc2[nH]ccc2c1.c1ccc2c(c1)CCc1ccccc1-2.c1ccc2c(c1)Cc1ccccc1-2.c1ccc2c(c1)[nH]c1ccccc12.c1ccc2c(c1)sc1ccccc12.c1ccc2sccc2c1. The first-order valence-corrected chi connectivity index (χ1v) is 39.7. The van der Waals surface area contributed by atoms with Crippen LogP contribution in [0.25, 0.3) is 117 Å². The van der Waals surface area contributed by atoms with Crippen LogP contribution in [0.2, 0.25) is 0 Å². The molecule has 103 heavy (non-hydrogen) atoms. The van der Waals surface area contributed by atoms with Crippen LogP contribution in [0, 0.1) is 0 Å². The highest BCUT2D eigenvalue weighted by atomic mass is 32.1. The monoisotopic (exact) mass is 1440 g/mol. The van der Waals surface area contributed by atoms with Crippen LogP contribution in [0.5, 0.6) is 0 Å². The van der Waals surface area contributed by atoms with Crippen molar-refractivity contribution < 1.29 is 8.83 Å². The van der Waals surface area contributed by atoms with Crippen molar-refractivity contribution in [1.82, 2.24) is 9.97 Å². The molecule has 4 nitrogen and oxygen atoms in total. The van der Waals surface area contributed by atoms with Crippen LogP contribution in [0.1, 0.15) is 44.0 Å². The second kappa shape index (κ2) is 33.7. The van der Waals surface area contributed by atoms with Gasteiger partial charge in [0.2, 0.25) is 0 Å². The molecule has 502 valence electrons. The van der Waals surface area contributed by atoms with Gasteiger partial charge in [-0.2, -0.15) is 0 Å². The molecule has 10 aromatic carbocycles. The molecule has 0 fully saturated rings. The second-order valence-electron chi connectivity index (χ2n) is 24.6. The quantitative estimate of drug-likeness (QED) is 0.159. The molecule has 0 amide bonds. The fourth-order valence-electron chi connectivity index (χ4n) is 13.0. The van der Waals surface area contributed by atoms with Gasteiger partial charge in [0.1, 0.15) is 11.3 Å². The normalized spacial score (nSPS) is 11.8.